The van der Waals surface area contributed by atoms with Gasteiger partial charge < -0.3 is 4.74 Å². The lowest BCUT2D eigenvalue weighted by Crippen LogP contribution is -2.46. The van der Waals surface area contributed by atoms with Gasteiger partial charge in [0.2, 0.25) is 0 Å². The molecule has 0 spiro atoms. The summed E-state index contributed by atoms with van der Waals surface area (Å²) < 4.78 is 5.14. The van der Waals surface area contributed by atoms with Gasteiger partial charge in [-0.3, -0.25) is 15.0 Å². The van der Waals surface area contributed by atoms with E-state index in [4.69, 9.17) is 4.74 Å². The number of aryl methyl sites for hydroxylation is 1. The number of pyridine rings is 1. The molecular weight excluding hydrogens is 282 g/mol. The first-order chi connectivity index (χ1) is 10.6. The van der Waals surface area contributed by atoms with Crippen LogP contribution in [0.3, 0.4) is 0 Å². The van der Waals surface area contributed by atoms with Gasteiger partial charge >= 0.3 is 0 Å². The first kappa shape index (κ1) is 14.1. The predicted octanol–water partition coefficient (Wildman–Crippen LogP) is 1.95. The predicted molar refractivity (Wildman–Crippen MR) is 80.5 cm³/mol. The monoisotopic (exact) mass is 297 g/mol. The summed E-state index contributed by atoms with van der Waals surface area (Å²) in [6, 6.07) is 8.77. The average Bonchev–Trinajstić information content (AvgIpc) is 2.53. The molecule has 0 saturated carbocycles. The molecule has 6 heteroatoms. The normalized spacial score (nSPS) is 13.8. The minimum absolute atomic E-state index is 0.157. The number of amides is 2. The van der Waals surface area contributed by atoms with Gasteiger partial charge in [0.1, 0.15) is 11.6 Å². The van der Waals surface area contributed by atoms with Crippen LogP contribution in [0.25, 0.3) is 0 Å². The number of carbonyl (C=O) groups is 2. The van der Waals surface area contributed by atoms with E-state index < -0.39 is 5.91 Å². The van der Waals surface area contributed by atoms with E-state index in [1.54, 1.807) is 30.5 Å². The van der Waals surface area contributed by atoms with Crippen molar-refractivity contribution in [3.8, 4) is 5.75 Å². The summed E-state index contributed by atoms with van der Waals surface area (Å²) >= 11 is 0. The van der Waals surface area contributed by atoms with Crippen molar-refractivity contribution in [2.45, 2.75) is 13.3 Å². The molecule has 2 amide bonds. The molecule has 1 aliphatic rings. The van der Waals surface area contributed by atoms with E-state index >= 15 is 0 Å². The van der Waals surface area contributed by atoms with Crippen molar-refractivity contribution in [3.05, 3.63) is 53.2 Å². The van der Waals surface area contributed by atoms with Crippen LogP contribution in [0.5, 0.6) is 5.75 Å². The quantitative estimate of drug-likeness (QED) is 0.877. The number of nitrogens with zero attached hydrogens (tertiary/aromatic N) is 2. The molecule has 2 aromatic rings. The summed E-state index contributed by atoms with van der Waals surface area (Å²) in [7, 11) is 1.54. The zero-order valence-electron chi connectivity index (χ0n) is 12.3. The number of hydrogen-bond donors (Lipinski definition) is 1. The molecule has 1 aromatic heterocycles. The Morgan fingerprint density at radius 2 is 2.09 bits per heavy atom. The molecule has 22 heavy (non-hydrogen) atoms. The van der Waals surface area contributed by atoms with Gasteiger partial charge in [0.05, 0.1) is 13.5 Å². The van der Waals surface area contributed by atoms with E-state index in [-0.39, 0.29) is 12.3 Å². The summed E-state index contributed by atoms with van der Waals surface area (Å²) in [5.74, 6) is 0.342. The summed E-state index contributed by atoms with van der Waals surface area (Å²) in [5.41, 5.74) is 4.82. The first-order valence-electron chi connectivity index (χ1n) is 6.82. The minimum atomic E-state index is -0.407. The lowest BCUT2D eigenvalue weighted by atomic mass is 9.99. The van der Waals surface area contributed by atoms with Gasteiger partial charge in [-0.15, -0.1) is 0 Å². The van der Waals surface area contributed by atoms with Gasteiger partial charge in [-0.25, -0.2) is 4.98 Å². The van der Waals surface area contributed by atoms with Crippen LogP contribution < -0.4 is 10.2 Å². The molecule has 1 aromatic carbocycles. The Morgan fingerprint density at radius 1 is 1.27 bits per heavy atom. The number of imide groups is 1. The van der Waals surface area contributed by atoms with Gasteiger partial charge in [0.15, 0.2) is 0 Å². The fraction of sp³-hybridized carbons (Fsp3) is 0.188. The van der Waals surface area contributed by atoms with E-state index in [1.807, 2.05) is 13.0 Å². The minimum Gasteiger partial charge on any atom is -0.497 e. The number of hydrazine groups is 1. The summed E-state index contributed by atoms with van der Waals surface area (Å²) in [6.45, 7) is 1.85. The van der Waals surface area contributed by atoms with Crippen LogP contribution in [0.2, 0.25) is 0 Å². The number of rotatable bonds is 3. The Morgan fingerprint density at radius 3 is 2.82 bits per heavy atom. The molecule has 0 atom stereocenters. The number of ether oxygens (including phenoxy) is 1. The molecule has 0 radical (unpaired) electrons. The van der Waals surface area contributed by atoms with Gasteiger partial charge in [-0.1, -0.05) is 12.1 Å². The highest BCUT2D eigenvalue weighted by Gasteiger charge is 2.32. The van der Waals surface area contributed by atoms with Crippen LogP contribution in [0.1, 0.15) is 21.5 Å². The lowest BCUT2D eigenvalue weighted by Gasteiger charge is -2.27. The molecule has 2 heterocycles. The average molecular weight is 297 g/mol. The van der Waals surface area contributed by atoms with Gasteiger partial charge in [0, 0.05) is 11.8 Å². The summed E-state index contributed by atoms with van der Waals surface area (Å²) in [5, 5.41) is 1.01. The molecule has 0 fully saturated rings. The van der Waals surface area contributed by atoms with Crippen molar-refractivity contribution in [3.63, 3.8) is 0 Å². The highest BCUT2D eigenvalue weighted by atomic mass is 16.5. The fourth-order valence-electron chi connectivity index (χ4n) is 2.33. The number of benzene rings is 1. The Balaban J connectivity index is 1.95. The van der Waals surface area contributed by atoms with Crippen molar-refractivity contribution in [2.75, 3.05) is 12.5 Å². The molecule has 0 saturated heterocycles. The molecule has 0 unspecified atom stereocenters. The molecule has 112 valence electrons. The highest BCUT2D eigenvalue weighted by Crippen LogP contribution is 2.25. The van der Waals surface area contributed by atoms with Crippen LogP contribution in [-0.4, -0.2) is 28.9 Å². The van der Waals surface area contributed by atoms with Crippen LogP contribution in [0.4, 0.5) is 5.82 Å². The van der Waals surface area contributed by atoms with Gasteiger partial charge in [-0.05, 0) is 36.2 Å². The van der Waals surface area contributed by atoms with E-state index in [0.717, 1.165) is 10.6 Å². The van der Waals surface area contributed by atoms with E-state index in [1.165, 1.54) is 7.11 Å². The third-order valence-electron chi connectivity index (χ3n) is 3.57. The number of methoxy groups -OCH3 is 1. The molecular formula is C16H15N3O3. The highest BCUT2D eigenvalue weighted by molar-refractivity contribution is 6.10. The Hall–Kier alpha value is -2.89. The second-order valence-electron chi connectivity index (χ2n) is 5.01. The Kier molecular flexibility index (Phi) is 3.50. The van der Waals surface area contributed by atoms with Crippen LogP contribution in [0, 0.1) is 6.92 Å². The zero-order valence-corrected chi connectivity index (χ0v) is 12.3. The second-order valence-corrected chi connectivity index (χ2v) is 5.01. The molecule has 0 bridgehead atoms. The summed E-state index contributed by atoms with van der Waals surface area (Å²) in [6.07, 6.45) is 1.76. The van der Waals surface area contributed by atoms with Crippen molar-refractivity contribution in [1.29, 1.82) is 0 Å². The smallest absolute Gasteiger partial charge is 0.279 e. The fourth-order valence-corrected chi connectivity index (χ4v) is 2.33. The molecule has 0 aliphatic carbocycles. The van der Waals surface area contributed by atoms with Crippen molar-refractivity contribution < 1.29 is 14.3 Å². The molecule has 1 N–H and O–H groups in total. The van der Waals surface area contributed by atoms with Crippen molar-refractivity contribution >= 4 is 17.6 Å². The SMILES string of the molecule is COc1ccc2c(c1)C(=O)N(Nc1ncccc1C)C(=O)C2. The third kappa shape index (κ3) is 2.39. The maximum absolute atomic E-state index is 12.6. The zero-order chi connectivity index (χ0) is 15.7. The standard InChI is InChI=1S/C16H15N3O3/c1-10-4-3-7-17-15(10)18-19-14(20)8-11-5-6-12(22-2)9-13(11)16(19)21/h3-7,9H,8H2,1-2H3,(H,17,18). The number of nitrogens with one attached hydrogen (secondary N) is 1. The van der Waals surface area contributed by atoms with Crippen LogP contribution in [-0.2, 0) is 11.2 Å². The number of aromatic nitrogens is 1. The van der Waals surface area contributed by atoms with Crippen LogP contribution in [0.15, 0.2) is 36.5 Å². The first-order valence-corrected chi connectivity index (χ1v) is 6.82. The number of hydrogen-bond acceptors (Lipinski definition) is 5. The van der Waals surface area contributed by atoms with Crippen LogP contribution >= 0.6 is 0 Å². The van der Waals surface area contributed by atoms with Crippen molar-refractivity contribution in [1.82, 2.24) is 9.99 Å². The van der Waals surface area contributed by atoms with Crippen molar-refractivity contribution in [2.24, 2.45) is 0 Å². The molecule has 3 rings (SSSR count). The Labute approximate surface area is 127 Å². The Bertz CT molecular complexity index is 758. The lowest BCUT2D eigenvalue weighted by molar-refractivity contribution is -0.127. The number of anilines is 1. The van der Waals surface area contributed by atoms with Gasteiger partial charge in [0.25, 0.3) is 11.8 Å². The van der Waals surface area contributed by atoms with E-state index in [2.05, 4.69) is 10.4 Å². The van der Waals surface area contributed by atoms with E-state index in [0.29, 0.717) is 22.7 Å². The van der Waals surface area contributed by atoms with E-state index in [9.17, 15) is 9.59 Å². The maximum Gasteiger partial charge on any atom is 0.279 e. The van der Waals surface area contributed by atoms with Gasteiger partial charge in [-0.2, -0.15) is 5.01 Å². The topological polar surface area (TPSA) is 71.5 Å². The third-order valence-corrected chi connectivity index (χ3v) is 3.57. The maximum atomic E-state index is 12.6. The molecule has 6 nitrogen and oxygen atoms in total. The molecule has 1 aliphatic heterocycles. The largest absolute Gasteiger partial charge is 0.497 e. The summed E-state index contributed by atoms with van der Waals surface area (Å²) in [4.78, 5) is 28.9. The second kappa shape index (κ2) is 5.48. The number of carbonyl (C=O) groups excluding carboxylic acids is 2. The number of fused-ring (bicyclic) bond motifs is 1.